The van der Waals surface area contributed by atoms with E-state index in [9.17, 15) is 9.59 Å². The fraction of sp³-hybridized carbons (Fsp3) is 0.269. The summed E-state index contributed by atoms with van der Waals surface area (Å²) in [6, 6.07) is 14.7. The number of rotatable bonds is 6. The summed E-state index contributed by atoms with van der Waals surface area (Å²) in [5, 5.41) is 0. The van der Waals surface area contributed by atoms with Gasteiger partial charge in [0.1, 0.15) is 5.75 Å². The van der Waals surface area contributed by atoms with Crippen LogP contribution in [0.3, 0.4) is 0 Å². The lowest BCUT2D eigenvalue weighted by Gasteiger charge is -2.29. The summed E-state index contributed by atoms with van der Waals surface area (Å²) in [4.78, 5) is 34.3. The fourth-order valence-corrected chi connectivity index (χ4v) is 5.40. The molecule has 6 nitrogen and oxygen atoms in total. The van der Waals surface area contributed by atoms with Crippen LogP contribution in [0.25, 0.3) is 6.08 Å². The van der Waals surface area contributed by atoms with Crippen LogP contribution >= 0.6 is 27.3 Å². The Balaban J connectivity index is 1.92. The number of hydrogen-bond donors (Lipinski definition) is 0. The summed E-state index contributed by atoms with van der Waals surface area (Å²) in [6.45, 7) is 6.93. The number of allylic oxidation sites excluding steroid dienone is 1. The van der Waals surface area contributed by atoms with E-state index in [1.807, 2.05) is 75.4 Å². The number of fused-ring (bicyclic) bond motifs is 1. The van der Waals surface area contributed by atoms with E-state index in [4.69, 9.17) is 9.73 Å². The molecule has 0 spiro atoms. The number of methoxy groups -OCH3 is 1. The molecular formula is C26H26BrN3O3S. The van der Waals surface area contributed by atoms with Crippen molar-refractivity contribution >= 4 is 39.2 Å². The van der Waals surface area contributed by atoms with Gasteiger partial charge in [-0.1, -0.05) is 51.5 Å². The zero-order valence-corrected chi connectivity index (χ0v) is 21.9. The molecule has 2 aromatic carbocycles. The summed E-state index contributed by atoms with van der Waals surface area (Å²) in [7, 11) is 1.62. The van der Waals surface area contributed by atoms with Crippen LogP contribution in [-0.4, -0.2) is 35.6 Å². The zero-order chi connectivity index (χ0) is 24.4. The molecule has 1 amide bonds. The highest BCUT2D eigenvalue weighted by atomic mass is 79.9. The lowest BCUT2D eigenvalue weighted by atomic mass is 9.94. The van der Waals surface area contributed by atoms with Crippen LogP contribution in [0.2, 0.25) is 0 Å². The third kappa shape index (κ3) is 4.52. The van der Waals surface area contributed by atoms with Crippen LogP contribution in [0.4, 0.5) is 0 Å². The molecule has 2 heterocycles. The van der Waals surface area contributed by atoms with Crippen molar-refractivity contribution in [2.45, 2.75) is 26.8 Å². The second kappa shape index (κ2) is 10.1. The minimum absolute atomic E-state index is 0.0939. The average Bonchev–Trinajstić information content (AvgIpc) is 3.14. The molecule has 176 valence electrons. The first-order chi connectivity index (χ1) is 16.4. The molecule has 4 rings (SSSR count). The molecular weight excluding hydrogens is 514 g/mol. The maximum Gasteiger partial charge on any atom is 0.271 e. The number of ether oxygens (including phenoxy) is 1. The van der Waals surface area contributed by atoms with Crippen molar-refractivity contribution in [2.24, 2.45) is 4.99 Å². The Labute approximate surface area is 210 Å². The van der Waals surface area contributed by atoms with Crippen molar-refractivity contribution in [3.63, 3.8) is 0 Å². The van der Waals surface area contributed by atoms with Gasteiger partial charge in [-0.15, -0.1) is 0 Å². The first kappa shape index (κ1) is 24.2. The second-order valence-electron chi connectivity index (χ2n) is 7.88. The minimum Gasteiger partial charge on any atom is -0.497 e. The molecule has 0 bridgehead atoms. The van der Waals surface area contributed by atoms with Crippen molar-refractivity contribution in [1.82, 2.24) is 9.47 Å². The lowest BCUT2D eigenvalue weighted by molar-refractivity contribution is -0.127. The van der Waals surface area contributed by atoms with Gasteiger partial charge in [0.2, 0.25) is 0 Å². The van der Waals surface area contributed by atoms with Gasteiger partial charge in [-0.3, -0.25) is 14.2 Å². The van der Waals surface area contributed by atoms with Crippen molar-refractivity contribution in [3.8, 4) is 5.75 Å². The highest BCUT2D eigenvalue weighted by Crippen LogP contribution is 2.31. The summed E-state index contributed by atoms with van der Waals surface area (Å²) in [5.74, 6) is 0.660. The second-order valence-corrected chi connectivity index (χ2v) is 9.81. The predicted octanol–water partition coefficient (Wildman–Crippen LogP) is 3.87. The Morgan fingerprint density at radius 1 is 1.15 bits per heavy atom. The molecule has 34 heavy (non-hydrogen) atoms. The van der Waals surface area contributed by atoms with Crippen LogP contribution in [0, 0.1) is 0 Å². The molecule has 3 aromatic rings. The number of benzene rings is 2. The van der Waals surface area contributed by atoms with Gasteiger partial charge in [0.15, 0.2) is 4.80 Å². The Bertz CT molecular complexity index is 1420. The molecule has 0 N–H and O–H groups in total. The van der Waals surface area contributed by atoms with E-state index in [0.717, 1.165) is 21.3 Å². The van der Waals surface area contributed by atoms with Gasteiger partial charge in [0.05, 0.1) is 29.0 Å². The van der Waals surface area contributed by atoms with Crippen LogP contribution in [0.15, 0.2) is 74.1 Å². The quantitative estimate of drug-likeness (QED) is 0.477. The normalized spacial score (nSPS) is 15.7. The first-order valence-electron chi connectivity index (χ1n) is 11.1. The van der Waals surface area contributed by atoms with Gasteiger partial charge in [0, 0.05) is 17.6 Å². The first-order valence-corrected chi connectivity index (χ1v) is 12.7. The highest BCUT2D eigenvalue weighted by Gasteiger charge is 2.34. The van der Waals surface area contributed by atoms with E-state index in [0.29, 0.717) is 33.7 Å². The maximum atomic E-state index is 13.7. The number of thiazole rings is 1. The van der Waals surface area contributed by atoms with Crippen molar-refractivity contribution in [2.75, 3.05) is 20.2 Å². The molecule has 0 aliphatic carbocycles. The summed E-state index contributed by atoms with van der Waals surface area (Å²) in [5.41, 5.74) is 2.77. The Morgan fingerprint density at radius 2 is 1.79 bits per heavy atom. The molecule has 1 aromatic heterocycles. The predicted molar refractivity (Wildman–Crippen MR) is 139 cm³/mol. The van der Waals surface area contributed by atoms with E-state index in [2.05, 4.69) is 15.9 Å². The van der Waals surface area contributed by atoms with Gasteiger partial charge in [-0.2, -0.15) is 0 Å². The van der Waals surface area contributed by atoms with Gasteiger partial charge in [0.25, 0.3) is 11.5 Å². The molecule has 0 radical (unpaired) electrons. The minimum atomic E-state index is -0.546. The number of nitrogens with zero attached hydrogens (tertiary/aromatic N) is 3. The van der Waals surface area contributed by atoms with Gasteiger partial charge >= 0.3 is 0 Å². The van der Waals surface area contributed by atoms with E-state index in [1.165, 1.54) is 11.3 Å². The van der Waals surface area contributed by atoms with Gasteiger partial charge in [-0.05, 0) is 62.2 Å². The molecule has 1 aliphatic rings. The number of halogens is 1. The van der Waals surface area contributed by atoms with E-state index in [1.54, 1.807) is 16.6 Å². The van der Waals surface area contributed by atoms with E-state index >= 15 is 0 Å². The summed E-state index contributed by atoms with van der Waals surface area (Å²) >= 11 is 4.82. The molecule has 1 atom stereocenters. The number of amides is 1. The topological polar surface area (TPSA) is 63.9 Å². The smallest absolute Gasteiger partial charge is 0.271 e. The van der Waals surface area contributed by atoms with Crippen LogP contribution in [0.5, 0.6) is 5.75 Å². The number of likely N-dealkylation sites (N-methyl/N-ethyl adjacent to an activating group) is 1. The maximum absolute atomic E-state index is 13.7. The largest absolute Gasteiger partial charge is 0.497 e. The molecule has 8 heteroatoms. The van der Waals surface area contributed by atoms with Crippen LogP contribution < -0.4 is 19.6 Å². The SMILES string of the molecule is CCN(CC)C(=O)C1=C(C)N=c2s/c(=C/c3ccc(OC)cc3)c(=O)n2C1c1ccc(Br)cc1. The Hall–Kier alpha value is -2.97. The standard InChI is InChI=1S/C26H26BrN3O3S/c1-5-29(6-2)25(32)22-16(3)28-26-30(23(22)18-9-11-19(27)12-10-18)24(31)21(34-26)15-17-7-13-20(33-4)14-8-17/h7-15,23H,5-6H2,1-4H3/b21-15+. The van der Waals surface area contributed by atoms with Crippen LogP contribution in [0.1, 0.15) is 37.9 Å². The molecule has 1 unspecified atom stereocenters. The number of hydrogen-bond acceptors (Lipinski definition) is 5. The number of carbonyl (C=O) groups is 1. The monoisotopic (exact) mass is 539 g/mol. The summed E-state index contributed by atoms with van der Waals surface area (Å²) < 4.78 is 8.38. The Kier molecular flexibility index (Phi) is 7.19. The lowest BCUT2D eigenvalue weighted by Crippen LogP contribution is -2.43. The van der Waals surface area contributed by atoms with Crippen molar-refractivity contribution in [3.05, 3.63) is 95.1 Å². The van der Waals surface area contributed by atoms with Crippen molar-refractivity contribution < 1.29 is 9.53 Å². The highest BCUT2D eigenvalue weighted by molar-refractivity contribution is 9.10. The fourth-order valence-electron chi connectivity index (χ4n) is 4.09. The van der Waals surface area contributed by atoms with Crippen LogP contribution in [-0.2, 0) is 4.79 Å². The summed E-state index contributed by atoms with van der Waals surface area (Å²) in [6.07, 6.45) is 1.85. The van der Waals surface area contributed by atoms with Crippen molar-refractivity contribution in [1.29, 1.82) is 0 Å². The molecule has 0 saturated heterocycles. The molecule has 0 fully saturated rings. The van der Waals surface area contributed by atoms with E-state index < -0.39 is 6.04 Å². The van der Waals surface area contributed by atoms with Gasteiger partial charge in [-0.25, -0.2) is 4.99 Å². The zero-order valence-electron chi connectivity index (χ0n) is 19.5. The number of carbonyl (C=O) groups excluding carboxylic acids is 1. The van der Waals surface area contributed by atoms with Gasteiger partial charge < -0.3 is 9.64 Å². The third-order valence-corrected chi connectivity index (χ3v) is 7.41. The van der Waals surface area contributed by atoms with E-state index in [-0.39, 0.29) is 11.5 Å². The third-order valence-electron chi connectivity index (χ3n) is 5.90. The Morgan fingerprint density at radius 3 is 2.38 bits per heavy atom. The molecule has 0 saturated carbocycles. The average molecular weight is 540 g/mol. The number of aromatic nitrogens is 1. The molecule has 1 aliphatic heterocycles.